The summed E-state index contributed by atoms with van der Waals surface area (Å²) in [5, 5.41) is 8.34. The Morgan fingerprint density at radius 1 is 0.795 bits per heavy atom. The average molecular weight is 531 g/mol. The summed E-state index contributed by atoms with van der Waals surface area (Å²) in [5.74, 6) is 0.206. The lowest BCUT2D eigenvalue weighted by molar-refractivity contribution is -0.141. The lowest BCUT2D eigenvalue weighted by Gasteiger charge is -2.09. The number of esters is 2. The molecule has 6 nitrogen and oxygen atoms in total. The Labute approximate surface area is 231 Å². The maximum Gasteiger partial charge on any atom is 0.333 e. The summed E-state index contributed by atoms with van der Waals surface area (Å²) in [6.45, 7) is 13.5. The van der Waals surface area contributed by atoms with E-state index in [1.807, 2.05) is 105 Å². The first-order valence-electron chi connectivity index (χ1n) is 12.5. The number of ether oxygens (including phenoxy) is 3. The molecule has 0 spiro atoms. The second-order valence-electron chi connectivity index (χ2n) is 8.55. The van der Waals surface area contributed by atoms with E-state index in [1.54, 1.807) is 13.0 Å². The number of carbonyl (C=O) groups is 2. The number of hydrogen-bond acceptors (Lipinski definition) is 6. The molecule has 0 aromatic heterocycles. The molecule has 3 aromatic carbocycles. The van der Waals surface area contributed by atoms with E-state index in [0.717, 1.165) is 23.1 Å². The Morgan fingerprint density at radius 3 is 1.85 bits per heavy atom. The van der Waals surface area contributed by atoms with Crippen molar-refractivity contribution in [3.05, 3.63) is 133 Å². The molecule has 3 rings (SSSR count). The molecular formula is C33H38O6. The molecule has 0 atom stereocenters. The van der Waals surface area contributed by atoms with Gasteiger partial charge in [-0.2, -0.15) is 0 Å². The molecule has 0 aliphatic rings. The van der Waals surface area contributed by atoms with Crippen LogP contribution in [0.25, 0.3) is 6.08 Å². The minimum absolute atomic E-state index is 0.133. The number of para-hydroxylation sites is 1. The number of aliphatic hydroxyl groups is 1. The van der Waals surface area contributed by atoms with Gasteiger partial charge in [0.25, 0.3) is 0 Å². The number of aliphatic hydroxyl groups excluding tert-OH is 1. The van der Waals surface area contributed by atoms with E-state index in [2.05, 4.69) is 13.2 Å². The van der Waals surface area contributed by atoms with Crippen LogP contribution in [0.4, 0.5) is 0 Å². The first-order chi connectivity index (χ1) is 18.7. The lowest BCUT2D eigenvalue weighted by atomic mass is 10.1. The van der Waals surface area contributed by atoms with E-state index >= 15 is 0 Å². The third kappa shape index (κ3) is 15.3. The molecule has 3 aromatic rings. The van der Waals surface area contributed by atoms with Crippen LogP contribution < -0.4 is 4.74 Å². The highest BCUT2D eigenvalue weighted by atomic mass is 16.6. The Bertz CT molecular complexity index is 1150. The SMILES string of the molecule is C=C(C(=O)OCc1ccccc1)C(C)C.C=C(C)C(=O)OCCOc1ccccc1.OC=Cc1ccccc1. The van der Waals surface area contributed by atoms with E-state index in [0.29, 0.717) is 24.4 Å². The smallest absolute Gasteiger partial charge is 0.333 e. The van der Waals surface area contributed by atoms with Gasteiger partial charge in [0.05, 0.1) is 6.26 Å². The van der Waals surface area contributed by atoms with Crippen molar-refractivity contribution in [2.24, 2.45) is 5.92 Å². The molecule has 39 heavy (non-hydrogen) atoms. The van der Waals surface area contributed by atoms with E-state index < -0.39 is 0 Å². The fraction of sp³-hybridized carbons (Fsp3) is 0.212. The van der Waals surface area contributed by atoms with Gasteiger partial charge in [-0.25, -0.2) is 9.59 Å². The molecule has 0 unspecified atom stereocenters. The predicted octanol–water partition coefficient (Wildman–Crippen LogP) is 7.34. The molecule has 0 bridgehead atoms. The van der Waals surface area contributed by atoms with E-state index in [4.69, 9.17) is 19.3 Å². The summed E-state index contributed by atoms with van der Waals surface area (Å²) in [5.41, 5.74) is 2.92. The molecule has 0 saturated carbocycles. The number of rotatable bonds is 10. The van der Waals surface area contributed by atoms with Crippen molar-refractivity contribution >= 4 is 18.0 Å². The van der Waals surface area contributed by atoms with Crippen LogP contribution in [0.5, 0.6) is 5.75 Å². The first-order valence-corrected chi connectivity index (χ1v) is 12.5. The van der Waals surface area contributed by atoms with Crippen LogP contribution in [0.1, 0.15) is 31.9 Å². The van der Waals surface area contributed by atoms with E-state index in [1.165, 1.54) is 0 Å². The molecular weight excluding hydrogens is 492 g/mol. The van der Waals surface area contributed by atoms with Gasteiger partial charge in [0.1, 0.15) is 25.6 Å². The van der Waals surface area contributed by atoms with Gasteiger partial charge < -0.3 is 19.3 Å². The van der Waals surface area contributed by atoms with Crippen molar-refractivity contribution in [3.63, 3.8) is 0 Å². The Kier molecular flexibility index (Phi) is 16.2. The van der Waals surface area contributed by atoms with Crippen molar-refractivity contribution in [3.8, 4) is 5.75 Å². The third-order valence-corrected chi connectivity index (χ3v) is 4.92. The van der Waals surface area contributed by atoms with Gasteiger partial charge in [0.15, 0.2) is 0 Å². The van der Waals surface area contributed by atoms with Gasteiger partial charge in [0.2, 0.25) is 0 Å². The Balaban J connectivity index is 0.000000302. The van der Waals surface area contributed by atoms with Crippen LogP contribution in [-0.4, -0.2) is 30.3 Å². The van der Waals surface area contributed by atoms with E-state index in [9.17, 15) is 9.59 Å². The summed E-state index contributed by atoms with van der Waals surface area (Å²) >= 11 is 0. The topological polar surface area (TPSA) is 82.1 Å². The standard InChI is InChI=1S/C13H16O2.C12H14O3.C8H8O/c1-10(2)11(3)13(14)15-9-12-7-5-4-6-8-12;1-10(2)12(13)15-9-8-14-11-6-4-3-5-7-11;9-7-6-8-4-2-1-3-5-8/h4-8,10H,3,9H2,1-2H3;3-7H,1,8-9H2,2H3;1-7,9H. The fourth-order valence-corrected chi connectivity index (χ4v) is 2.64. The van der Waals surface area contributed by atoms with Gasteiger partial charge >= 0.3 is 11.9 Å². The summed E-state index contributed by atoms with van der Waals surface area (Å²) in [4.78, 5) is 22.4. The second-order valence-corrected chi connectivity index (χ2v) is 8.55. The first kappa shape index (κ1) is 32.4. The van der Waals surface area contributed by atoms with E-state index in [-0.39, 0.29) is 24.5 Å². The van der Waals surface area contributed by atoms with Crippen LogP contribution in [0, 0.1) is 5.92 Å². The van der Waals surface area contributed by atoms with Gasteiger partial charge in [-0.05, 0) is 42.2 Å². The van der Waals surface area contributed by atoms with Crippen LogP contribution in [0.3, 0.4) is 0 Å². The second kappa shape index (κ2) is 19.5. The highest BCUT2D eigenvalue weighted by Gasteiger charge is 2.11. The molecule has 0 amide bonds. The van der Waals surface area contributed by atoms with Gasteiger partial charge in [-0.1, -0.05) is 106 Å². The number of benzene rings is 3. The molecule has 0 aliphatic carbocycles. The van der Waals surface area contributed by atoms with Crippen molar-refractivity contribution < 1.29 is 28.9 Å². The zero-order chi connectivity index (χ0) is 28.9. The number of carbonyl (C=O) groups excluding carboxylic acids is 2. The zero-order valence-electron chi connectivity index (χ0n) is 22.9. The Morgan fingerprint density at radius 2 is 1.33 bits per heavy atom. The lowest BCUT2D eigenvalue weighted by Crippen LogP contribution is -2.12. The van der Waals surface area contributed by atoms with Crippen LogP contribution in [-0.2, 0) is 25.7 Å². The maximum atomic E-state index is 11.4. The summed E-state index contributed by atoms with van der Waals surface area (Å²) in [6, 6.07) is 28.6. The van der Waals surface area contributed by atoms with Crippen LogP contribution in [0.2, 0.25) is 0 Å². The summed E-state index contributed by atoms with van der Waals surface area (Å²) in [6.07, 6.45) is 2.68. The molecule has 0 radical (unpaired) electrons. The van der Waals surface area contributed by atoms with Crippen LogP contribution in [0.15, 0.2) is 122 Å². The highest BCUT2D eigenvalue weighted by Crippen LogP contribution is 2.10. The minimum Gasteiger partial charge on any atom is -0.516 e. The highest BCUT2D eigenvalue weighted by molar-refractivity contribution is 5.88. The molecule has 0 saturated heterocycles. The minimum atomic E-state index is -0.383. The van der Waals surface area contributed by atoms with Crippen LogP contribution >= 0.6 is 0 Å². The molecule has 0 heterocycles. The number of hydrogen-bond donors (Lipinski definition) is 1. The zero-order valence-corrected chi connectivity index (χ0v) is 22.9. The third-order valence-electron chi connectivity index (χ3n) is 4.92. The van der Waals surface area contributed by atoms with Gasteiger partial charge in [-0.15, -0.1) is 0 Å². The predicted molar refractivity (Wildman–Crippen MR) is 156 cm³/mol. The Hall–Kier alpha value is -4.58. The maximum absolute atomic E-state index is 11.4. The molecule has 206 valence electrons. The molecule has 1 N–H and O–H groups in total. The van der Waals surface area contributed by atoms with Gasteiger partial charge in [-0.3, -0.25) is 0 Å². The van der Waals surface area contributed by atoms with Gasteiger partial charge in [0, 0.05) is 11.1 Å². The molecule has 0 fully saturated rings. The van der Waals surface area contributed by atoms with Crippen molar-refractivity contribution in [1.82, 2.24) is 0 Å². The van der Waals surface area contributed by atoms with Crippen molar-refractivity contribution in [2.75, 3.05) is 13.2 Å². The quantitative estimate of drug-likeness (QED) is 0.128. The molecule has 6 heteroatoms. The summed E-state index contributed by atoms with van der Waals surface area (Å²) in [7, 11) is 0. The normalized spacial score (nSPS) is 9.85. The van der Waals surface area contributed by atoms with Crippen molar-refractivity contribution in [2.45, 2.75) is 27.4 Å². The monoisotopic (exact) mass is 530 g/mol. The average Bonchev–Trinajstić information content (AvgIpc) is 2.96. The largest absolute Gasteiger partial charge is 0.516 e. The fourth-order valence-electron chi connectivity index (χ4n) is 2.64. The molecule has 0 aliphatic heterocycles. The van der Waals surface area contributed by atoms with Crippen molar-refractivity contribution in [1.29, 1.82) is 0 Å². The summed E-state index contributed by atoms with van der Waals surface area (Å²) < 4.78 is 15.3.